The minimum atomic E-state index is 0.683. The van der Waals surface area contributed by atoms with Crippen LogP contribution in [0.15, 0.2) is 84.5 Å². The topological polar surface area (TPSA) is 60.9 Å². The smallest absolute Gasteiger partial charge is 0.192 e. The van der Waals surface area contributed by atoms with Gasteiger partial charge in [-0.2, -0.15) is 0 Å². The van der Waals surface area contributed by atoms with E-state index in [-0.39, 0.29) is 0 Å². The Hall–Kier alpha value is -3.16. The number of hydrogen-bond acceptors (Lipinski definition) is 5. The molecule has 0 fully saturated rings. The molecule has 1 aromatic carbocycles. The number of imidazole rings is 1. The number of pyridine rings is 2. The van der Waals surface area contributed by atoms with Crippen molar-refractivity contribution in [3.8, 4) is 11.4 Å². The number of fused-ring (bicyclic) bond motifs is 1. The quantitative estimate of drug-likeness (QED) is 0.354. The molecule has 0 spiro atoms. The lowest BCUT2D eigenvalue weighted by Crippen LogP contribution is -2.04. The molecule has 4 aromatic heterocycles. The van der Waals surface area contributed by atoms with Crippen molar-refractivity contribution in [3.63, 3.8) is 0 Å². The van der Waals surface area contributed by atoms with Gasteiger partial charge in [0.05, 0.1) is 17.3 Å². The average Bonchev–Trinajstić information content (AvgIpc) is 3.37. The van der Waals surface area contributed by atoms with Crippen LogP contribution in [0.5, 0.6) is 0 Å². The van der Waals surface area contributed by atoms with Gasteiger partial charge in [-0.1, -0.05) is 53.7 Å². The zero-order valence-electron chi connectivity index (χ0n) is 15.9. The first-order valence-electron chi connectivity index (χ1n) is 9.40. The van der Waals surface area contributed by atoms with Gasteiger partial charge in [0.15, 0.2) is 11.0 Å². The largest absolute Gasteiger partial charge is 0.305 e. The van der Waals surface area contributed by atoms with Crippen LogP contribution in [0.1, 0.15) is 11.3 Å². The molecule has 148 valence electrons. The molecule has 0 aliphatic rings. The van der Waals surface area contributed by atoms with Crippen molar-refractivity contribution in [2.75, 3.05) is 0 Å². The zero-order valence-corrected chi connectivity index (χ0v) is 17.5. The van der Waals surface area contributed by atoms with Crippen LogP contribution < -0.4 is 0 Å². The van der Waals surface area contributed by atoms with E-state index in [0.29, 0.717) is 17.3 Å². The third-order valence-electron chi connectivity index (χ3n) is 4.65. The van der Waals surface area contributed by atoms with Gasteiger partial charge in [-0.25, -0.2) is 4.98 Å². The molecule has 0 aliphatic carbocycles. The van der Waals surface area contributed by atoms with Crippen molar-refractivity contribution >= 4 is 29.0 Å². The maximum atomic E-state index is 6.08. The summed E-state index contributed by atoms with van der Waals surface area (Å²) in [6.07, 6.45) is 7.39. The fourth-order valence-electron chi connectivity index (χ4n) is 3.24. The molecule has 8 heteroatoms. The highest BCUT2D eigenvalue weighted by molar-refractivity contribution is 7.98. The van der Waals surface area contributed by atoms with E-state index < -0.39 is 0 Å². The van der Waals surface area contributed by atoms with Crippen LogP contribution in [0.3, 0.4) is 0 Å². The monoisotopic (exact) mass is 432 g/mol. The van der Waals surface area contributed by atoms with Crippen LogP contribution in [-0.4, -0.2) is 29.1 Å². The number of benzene rings is 1. The highest BCUT2D eigenvalue weighted by atomic mass is 35.5. The minimum absolute atomic E-state index is 0.683. The predicted octanol–water partition coefficient (Wildman–Crippen LogP) is 4.98. The first-order valence-corrected chi connectivity index (χ1v) is 10.8. The van der Waals surface area contributed by atoms with Crippen LogP contribution in [-0.2, 0) is 12.3 Å². The van der Waals surface area contributed by atoms with Crippen LogP contribution >= 0.6 is 23.4 Å². The molecule has 0 radical (unpaired) electrons. The lowest BCUT2D eigenvalue weighted by Gasteiger charge is -2.10. The normalized spacial score (nSPS) is 11.2. The van der Waals surface area contributed by atoms with Gasteiger partial charge in [0.1, 0.15) is 5.65 Å². The van der Waals surface area contributed by atoms with Crippen LogP contribution in [0.2, 0.25) is 5.02 Å². The Morgan fingerprint density at radius 1 is 0.900 bits per heavy atom. The molecular formula is C22H17ClN6S. The van der Waals surface area contributed by atoms with E-state index in [1.807, 2.05) is 59.3 Å². The minimum Gasteiger partial charge on any atom is -0.305 e. The van der Waals surface area contributed by atoms with E-state index in [1.54, 1.807) is 24.2 Å². The third-order valence-corrected chi connectivity index (χ3v) is 5.88. The molecule has 0 bridgehead atoms. The Morgan fingerprint density at radius 2 is 1.73 bits per heavy atom. The maximum Gasteiger partial charge on any atom is 0.192 e. The Bertz CT molecular complexity index is 1280. The maximum absolute atomic E-state index is 6.08. The first-order chi connectivity index (χ1) is 14.8. The van der Waals surface area contributed by atoms with Crippen molar-refractivity contribution < 1.29 is 0 Å². The average molecular weight is 433 g/mol. The van der Waals surface area contributed by atoms with Gasteiger partial charge in [0.2, 0.25) is 0 Å². The molecule has 0 unspecified atom stereocenters. The van der Waals surface area contributed by atoms with E-state index >= 15 is 0 Å². The summed E-state index contributed by atoms with van der Waals surface area (Å²) in [5.74, 6) is 1.51. The Kier molecular flexibility index (Phi) is 5.21. The van der Waals surface area contributed by atoms with Gasteiger partial charge in [-0.15, -0.1) is 10.2 Å². The van der Waals surface area contributed by atoms with E-state index in [0.717, 1.165) is 27.9 Å². The summed E-state index contributed by atoms with van der Waals surface area (Å²) in [6.45, 7) is 0.689. The fraction of sp³-hybridized carbons (Fsp3) is 0.0909. The van der Waals surface area contributed by atoms with Crippen molar-refractivity contribution in [2.45, 2.75) is 17.5 Å². The van der Waals surface area contributed by atoms with Gasteiger partial charge in [-0.3, -0.25) is 9.55 Å². The Labute approximate surface area is 182 Å². The number of aromatic nitrogens is 6. The standard InChI is InChI=1S/C22H17ClN6S/c23-18-6-7-20-25-19(14-28(20)13-18)15-30-22-27-26-21(17-8-10-24-11-9-17)29(22)12-16-4-2-1-3-5-16/h1-11,13-14H,12,15H2. The molecular weight excluding hydrogens is 416 g/mol. The van der Waals surface area contributed by atoms with E-state index in [2.05, 4.69) is 36.9 Å². The molecule has 0 aliphatic heterocycles. The molecule has 4 heterocycles. The van der Waals surface area contributed by atoms with E-state index in [1.165, 1.54) is 5.56 Å². The second-order valence-corrected chi connectivity index (χ2v) is 8.13. The highest BCUT2D eigenvalue weighted by Crippen LogP contribution is 2.27. The Morgan fingerprint density at radius 3 is 2.57 bits per heavy atom. The van der Waals surface area contributed by atoms with Crippen LogP contribution in [0, 0.1) is 0 Å². The summed E-state index contributed by atoms with van der Waals surface area (Å²) in [7, 11) is 0. The molecule has 0 saturated carbocycles. The second-order valence-electron chi connectivity index (χ2n) is 6.75. The molecule has 0 amide bonds. The molecule has 5 aromatic rings. The molecule has 0 N–H and O–H groups in total. The van der Waals surface area contributed by atoms with Crippen molar-refractivity contribution in [1.82, 2.24) is 29.1 Å². The molecule has 0 atom stereocenters. The molecule has 6 nitrogen and oxygen atoms in total. The summed E-state index contributed by atoms with van der Waals surface area (Å²) in [5, 5.41) is 10.5. The number of hydrogen-bond donors (Lipinski definition) is 0. The van der Waals surface area contributed by atoms with Gasteiger partial charge in [0.25, 0.3) is 0 Å². The fourth-order valence-corrected chi connectivity index (χ4v) is 4.23. The predicted molar refractivity (Wildman–Crippen MR) is 119 cm³/mol. The zero-order chi connectivity index (χ0) is 20.3. The number of rotatable bonds is 6. The summed E-state index contributed by atoms with van der Waals surface area (Å²) in [5.41, 5.74) is 4.01. The molecule has 0 saturated heterocycles. The van der Waals surface area contributed by atoms with Crippen molar-refractivity contribution in [3.05, 3.63) is 95.7 Å². The van der Waals surface area contributed by atoms with Crippen molar-refractivity contribution in [2.24, 2.45) is 0 Å². The molecule has 5 rings (SSSR count). The summed E-state index contributed by atoms with van der Waals surface area (Å²) in [6, 6.07) is 18.0. The number of halogens is 1. The summed E-state index contributed by atoms with van der Waals surface area (Å²) in [4.78, 5) is 8.78. The number of nitrogens with zero attached hydrogens (tertiary/aromatic N) is 6. The van der Waals surface area contributed by atoms with Gasteiger partial charge in [-0.05, 0) is 29.8 Å². The van der Waals surface area contributed by atoms with E-state index in [9.17, 15) is 0 Å². The Balaban J connectivity index is 1.45. The number of thioether (sulfide) groups is 1. The lowest BCUT2D eigenvalue weighted by atomic mass is 10.2. The van der Waals surface area contributed by atoms with Gasteiger partial charge in [0, 0.05) is 36.1 Å². The van der Waals surface area contributed by atoms with Crippen molar-refractivity contribution in [1.29, 1.82) is 0 Å². The van der Waals surface area contributed by atoms with Gasteiger partial charge >= 0.3 is 0 Å². The highest BCUT2D eigenvalue weighted by Gasteiger charge is 2.15. The SMILES string of the molecule is Clc1ccc2nc(CSc3nnc(-c4ccncc4)n3Cc3ccccc3)cn2c1. The lowest BCUT2D eigenvalue weighted by molar-refractivity contribution is 0.714. The van der Waals surface area contributed by atoms with E-state index in [4.69, 9.17) is 11.6 Å². The van der Waals surface area contributed by atoms with Gasteiger partial charge < -0.3 is 4.40 Å². The van der Waals surface area contributed by atoms with Crippen LogP contribution in [0.4, 0.5) is 0 Å². The summed E-state index contributed by atoms with van der Waals surface area (Å²) >= 11 is 7.70. The second kappa shape index (κ2) is 8.30. The van der Waals surface area contributed by atoms with Crippen LogP contribution in [0.25, 0.3) is 17.0 Å². The first kappa shape index (κ1) is 18.8. The summed E-state index contributed by atoms with van der Waals surface area (Å²) < 4.78 is 4.08. The molecule has 30 heavy (non-hydrogen) atoms. The third kappa shape index (κ3) is 3.94.